The van der Waals surface area contributed by atoms with Crippen LogP contribution in [0.2, 0.25) is 5.02 Å². The second-order valence-corrected chi connectivity index (χ2v) is 10.3. The van der Waals surface area contributed by atoms with Crippen molar-refractivity contribution in [3.05, 3.63) is 67.9 Å². The van der Waals surface area contributed by atoms with Crippen molar-refractivity contribution in [2.24, 2.45) is 5.92 Å². The predicted octanol–water partition coefficient (Wildman–Crippen LogP) is 5.26. The number of hydrogen-bond donors (Lipinski definition) is 1. The molecule has 0 aliphatic carbocycles. The smallest absolute Gasteiger partial charge is 0.248 e. The molecular weight excluding hydrogens is 460 g/mol. The molecule has 5 nitrogen and oxygen atoms in total. The molecule has 3 aromatic rings. The van der Waals surface area contributed by atoms with Gasteiger partial charge in [0.05, 0.1) is 23.7 Å². The van der Waals surface area contributed by atoms with E-state index in [2.05, 4.69) is 4.98 Å². The molecule has 5 rings (SSSR count). The van der Waals surface area contributed by atoms with Gasteiger partial charge in [-0.15, -0.1) is 11.3 Å². The van der Waals surface area contributed by atoms with Crippen LogP contribution in [0.25, 0.3) is 0 Å². The number of methoxy groups -OCH3 is 1. The molecule has 1 N–H and O–H groups in total. The van der Waals surface area contributed by atoms with Crippen LogP contribution in [0.5, 0.6) is 5.75 Å². The van der Waals surface area contributed by atoms with Gasteiger partial charge in [-0.05, 0) is 54.2 Å². The minimum absolute atomic E-state index is 0.203. The lowest BCUT2D eigenvalue weighted by Crippen LogP contribution is -2.32. The van der Waals surface area contributed by atoms with Crippen LogP contribution in [0.1, 0.15) is 16.4 Å². The maximum Gasteiger partial charge on any atom is 0.248 e. The minimum atomic E-state index is -0.520. The van der Waals surface area contributed by atoms with Gasteiger partial charge in [0.25, 0.3) is 0 Å². The summed E-state index contributed by atoms with van der Waals surface area (Å²) in [6.07, 6.45) is 0. The Balaban J connectivity index is 1.63. The van der Waals surface area contributed by atoms with E-state index in [0.29, 0.717) is 14.7 Å². The highest BCUT2D eigenvalue weighted by molar-refractivity contribution is 8.01. The van der Waals surface area contributed by atoms with Gasteiger partial charge in [0.1, 0.15) is 11.0 Å². The molecule has 1 aromatic heterocycles. The quantitative estimate of drug-likeness (QED) is 0.414. The lowest BCUT2D eigenvalue weighted by atomic mass is 9.83. The number of halogens is 1. The molecule has 2 aromatic carbocycles. The van der Waals surface area contributed by atoms with Crippen LogP contribution in [-0.2, 0) is 9.59 Å². The van der Waals surface area contributed by atoms with Crippen LogP contribution in [0.15, 0.2) is 53.6 Å². The van der Waals surface area contributed by atoms with E-state index in [-0.39, 0.29) is 17.7 Å². The Labute approximate surface area is 191 Å². The molecule has 2 aliphatic rings. The number of anilines is 1. The van der Waals surface area contributed by atoms with Gasteiger partial charge < -0.3 is 9.72 Å². The maximum atomic E-state index is 13.6. The zero-order valence-corrected chi connectivity index (χ0v) is 18.8. The molecule has 152 valence electrons. The Morgan fingerprint density at radius 1 is 1.07 bits per heavy atom. The van der Waals surface area contributed by atoms with E-state index >= 15 is 0 Å². The van der Waals surface area contributed by atoms with Crippen molar-refractivity contribution >= 4 is 64.4 Å². The first-order chi connectivity index (χ1) is 14.5. The number of H-pyrrole nitrogens is 1. The lowest BCUT2D eigenvalue weighted by molar-refractivity contribution is -0.122. The van der Waals surface area contributed by atoms with Crippen LogP contribution in [-0.4, -0.2) is 29.2 Å². The standard InChI is InChI=1S/C21H15ClN2O3S3/c1-27-13-8-2-10(3-9-13)14-15-17(29-18-16(14)30-21(28)23-18)20(26)24(19(15)25)12-6-4-11(22)5-7-12/h2-9,14-15,17H,1H3,(H,23,28). The van der Waals surface area contributed by atoms with E-state index in [1.54, 1.807) is 31.4 Å². The topological polar surface area (TPSA) is 62.4 Å². The second-order valence-electron chi connectivity index (χ2n) is 7.01. The first kappa shape index (κ1) is 19.8. The van der Waals surface area contributed by atoms with E-state index < -0.39 is 11.2 Å². The average Bonchev–Trinajstić information content (AvgIpc) is 3.24. The number of aromatic nitrogens is 1. The first-order valence-corrected chi connectivity index (χ1v) is 11.6. The number of carbonyl (C=O) groups excluding carboxylic acids is 2. The van der Waals surface area contributed by atoms with E-state index in [1.165, 1.54) is 28.0 Å². The number of carbonyl (C=O) groups is 2. The molecule has 0 bridgehead atoms. The van der Waals surface area contributed by atoms with Gasteiger partial charge in [-0.25, -0.2) is 4.90 Å². The number of nitrogens with zero attached hydrogens (tertiary/aromatic N) is 1. The molecule has 30 heavy (non-hydrogen) atoms. The van der Waals surface area contributed by atoms with Crippen LogP contribution in [0, 0.1) is 9.87 Å². The average molecular weight is 475 g/mol. The summed E-state index contributed by atoms with van der Waals surface area (Å²) in [5, 5.41) is 0.898. The second kappa shape index (κ2) is 7.53. The number of aromatic amines is 1. The predicted molar refractivity (Wildman–Crippen MR) is 121 cm³/mol. The summed E-state index contributed by atoms with van der Waals surface area (Å²) in [7, 11) is 1.61. The van der Waals surface area contributed by atoms with E-state index in [0.717, 1.165) is 21.2 Å². The number of thioether (sulfide) groups is 1. The fourth-order valence-electron chi connectivity index (χ4n) is 4.03. The molecule has 0 radical (unpaired) electrons. The lowest BCUT2D eigenvalue weighted by Gasteiger charge is -2.30. The summed E-state index contributed by atoms with van der Waals surface area (Å²) < 4.78 is 5.91. The molecule has 0 spiro atoms. The number of imide groups is 1. The van der Waals surface area contributed by atoms with E-state index in [4.69, 9.17) is 28.6 Å². The summed E-state index contributed by atoms with van der Waals surface area (Å²) >= 11 is 14.2. The number of nitrogens with one attached hydrogen (secondary N) is 1. The van der Waals surface area contributed by atoms with Gasteiger partial charge >= 0.3 is 0 Å². The number of benzene rings is 2. The van der Waals surface area contributed by atoms with Gasteiger partial charge in [-0.1, -0.05) is 35.5 Å². The molecular formula is C21H15ClN2O3S3. The number of thiazole rings is 1. The summed E-state index contributed by atoms with van der Waals surface area (Å²) in [5.74, 6) is -0.457. The number of fused-ring (bicyclic) bond motifs is 2. The number of ether oxygens (including phenoxy) is 1. The molecule has 2 aliphatic heterocycles. The van der Waals surface area contributed by atoms with Crippen LogP contribution >= 0.6 is 46.9 Å². The SMILES string of the molecule is COc1ccc(C2c3sc(=S)[nH]c3SC3C(=O)N(c4ccc(Cl)cc4)C(=O)C32)cc1. The van der Waals surface area contributed by atoms with Crippen molar-refractivity contribution in [3.63, 3.8) is 0 Å². The summed E-state index contributed by atoms with van der Waals surface area (Å²) in [6, 6.07) is 14.4. The molecule has 3 heterocycles. The van der Waals surface area contributed by atoms with Crippen molar-refractivity contribution in [3.8, 4) is 5.75 Å². The fourth-order valence-corrected chi connectivity index (χ4v) is 7.12. The Morgan fingerprint density at radius 3 is 2.43 bits per heavy atom. The maximum absolute atomic E-state index is 13.6. The number of rotatable bonds is 3. The Kier molecular flexibility index (Phi) is 4.97. The van der Waals surface area contributed by atoms with Gasteiger partial charge in [-0.3, -0.25) is 9.59 Å². The normalized spacial score (nSPS) is 22.7. The van der Waals surface area contributed by atoms with Crippen molar-refractivity contribution in [1.82, 2.24) is 4.98 Å². The number of amides is 2. The van der Waals surface area contributed by atoms with E-state index in [1.807, 2.05) is 24.3 Å². The highest BCUT2D eigenvalue weighted by atomic mass is 35.5. The van der Waals surface area contributed by atoms with Gasteiger partial charge in [0, 0.05) is 15.8 Å². The first-order valence-electron chi connectivity index (χ1n) is 9.15. The van der Waals surface area contributed by atoms with Gasteiger partial charge in [0.2, 0.25) is 11.8 Å². The highest BCUT2D eigenvalue weighted by Crippen LogP contribution is 2.54. The Hall–Kier alpha value is -2.13. The Morgan fingerprint density at radius 2 is 1.77 bits per heavy atom. The van der Waals surface area contributed by atoms with E-state index in [9.17, 15) is 9.59 Å². The Bertz CT molecular complexity index is 1200. The molecule has 1 saturated heterocycles. The van der Waals surface area contributed by atoms with Crippen LogP contribution in [0.3, 0.4) is 0 Å². The zero-order valence-electron chi connectivity index (χ0n) is 15.6. The highest BCUT2D eigenvalue weighted by Gasteiger charge is 2.56. The third-order valence-corrected chi connectivity index (χ3v) is 8.39. The van der Waals surface area contributed by atoms with Crippen LogP contribution < -0.4 is 9.64 Å². The molecule has 2 amide bonds. The van der Waals surface area contributed by atoms with Crippen molar-refractivity contribution < 1.29 is 14.3 Å². The fraction of sp³-hybridized carbons (Fsp3) is 0.190. The molecule has 0 saturated carbocycles. The van der Waals surface area contributed by atoms with Gasteiger partial charge in [0.15, 0.2) is 3.95 Å². The zero-order chi connectivity index (χ0) is 21.0. The van der Waals surface area contributed by atoms with Crippen molar-refractivity contribution in [2.45, 2.75) is 16.2 Å². The summed E-state index contributed by atoms with van der Waals surface area (Å²) in [4.78, 5) is 32.4. The minimum Gasteiger partial charge on any atom is -0.497 e. The molecule has 3 unspecified atom stereocenters. The largest absolute Gasteiger partial charge is 0.497 e. The monoisotopic (exact) mass is 474 g/mol. The molecule has 9 heteroatoms. The third-order valence-electron chi connectivity index (χ3n) is 5.38. The third kappa shape index (κ3) is 3.10. The van der Waals surface area contributed by atoms with Gasteiger partial charge in [-0.2, -0.15) is 0 Å². The van der Waals surface area contributed by atoms with Crippen molar-refractivity contribution in [1.29, 1.82) is 0 Å². The molecule has 3 atom stereocenters. The summed E-state index contributed by atoms with van der Waals surface area (Å²) in [6.45, 7) is 0. The van der Waals surface area contributed by atoms with Crippen LogP contribution in [0.4, 0.5) is 5.69 Å². The molecule has 1 fully saturated rings. The summed E-state index contributed by atoms with van der Waals surface area (Å²) in [5.41, 5.74) is 1.49. The van der Waals surface area contributed by atoms with Crippen molar-refractivity contribution in [2.75, 3.05) is 12.0 Å². The number of hydrogen-bond acceptors (Lipinski definition) is 6.